The number of anilines is 1. The molecular formula is C23H21N3. The van der Waals surface area contributed by atoms with Gasteiger partial charge < -0.3 is 4.90 Å². The van der Waals surface area contributed by atoms with E-state index in [0.29, 0.717) is 0 Å². The van der Waals surface area contributed by atoms with Crippen LogP contribution in [0.25, 0.3) is 10.8 Å². The van der Waals surface area contributed by atoms with E-state index in [4.69, 9.17) is 0 Å². The van der Waals surface area contributed by atoms with E-state index in [0.717, 1.165) is 11.5 Å². The van der Waals surface area contributed by atoms with Crippen LogP contribution in [0.15, 0.2) is 85.2 Å². The van der Waals surface area contributed by atoms with E-state index in [2.05, 4.69) is 76.7 Å². The Morgan fingerprint density at radius 1 is 0.654 bits per heavy atom. The van der Waals surface area contributed by atoms with Crippen LogP contribution in [0.2, 0.25) is 0 Å². The van der Waals surface area contributed by atoms with Crippen molar-refractivity contribution in [2.45, 2.75) is 5.92 Å². The maximum absolute atomic E-state index is 4.53. The van der Waals surface area contributed by atoms with Gasteiger partial charge in [0.25, 0.3) is 0 Å². The summed E-state index contributed by atoms with van der Waals surface area (Å²) in [6.07, 6.45) is 3.88. The molecule has 0 radical (unpaired) electrons. The zero-order valence-electron chi connectivity index (χ0n) is 15.0. The molecule has 0 bridgehead atoms. The number of hydrogen-bond acceptors (Lipinski definition) is 3. The number of fused-ring (bicyclic) bond motifs is 1. The van der Waals surface area contributed by atoms with Crippen molar-refractivity contribution in [3.05, 3.63) is 102 Å². The fourth-order valence-corrected chi connectivity index (χ4v) is 3.32. The fourth-order valence-electron chi connectivity index (χ4n) is 3.32. The Morgan fingerprint density at radius 2 is 1.31 bits per heavy atom. The summed E-state index contributed by atoms with van der Waals surface area (Å²) in [6, 6.07) is 25.7. The highest BCUT2D eigenvalue weighted by atomic mass is 15.2. The Bertz CT molecular complexity index is 1010. The molecule has 3 heteroatoms. The van der Waals surface area contributed by atoms with Gasteiger partial charge in [-0.2, -0.15) is 0 Å². The van der Waals surface area contributed by atoms with Crippen LogP contribution in [0.3, 0.4) is 0 Å². The van der Waals surface area contributed by atoms with Gasteiger partial charge in [0, 0.05) is 38.0 Å². The smallest absolute Gasteiger partial charge is 0.224 e. The van der Waals surface area contributed by atoms with Gasteiger partial charge in [0.1, 0.15) is 0 Å². The Morgan fingerprint density at radius 3 is 2.00 bits per heavy atom. The minimum absolute atomic E-state index is 0.108. The van der Waals surface area contributed by atoms with Crippen LogP contribution in [-0.2, 0) is 0 Å². The standard InChI is InChI=1S/C23H21N3/c1-26(2)23-24-15-21(16-25-23)22(18-9-4-3-5-10-18)20-13-12-17-8-6-7-11-19(17)14-20/h3-16,22H,1-2H3/t22-/m0/s1. The third kappa shape index (κ3) is 3.16. The second kappa shape index (κ2) is 6.96. The van der Waals surface area contributed by atoms with E-state index in [1.54, 1.807) is 0 Å². The molecule has 0 saturated carbocycles. The van der Waals surface area contributed by atoms with Crippen LogP contribution in [0.1, 0.15) is 22.6 Å². The van der Waals surface area contributed by atoms with Gasteiger partial charge in [0.15, 0.2) is 0 Å². The van der Waals surface area contributed by atoms with Gasteiger partial charge in [-0.25, -0.2) is 9.97 Å². The average Bonchev–Trinajstić information content (AvgIpc) is 2.69. The van der Waals surface area contributed by atoms with Crippen molar-refractivity contribution in [3.63, 3.8) is 0 Å². The highest BCUT2D eigenvalue weighted by Crippen LogP contribution is 2.33. The number of rotatable bonds is 4. The van der Waals surface area contributed by atoms with Crippen molar-refractivity contribution >= 4 is 16.7 Å². The largest absolute Gasteiger partial charge is 0.347 e. The summed E-state index contributed by atoms with van der Waals surface area (Å²) in [5, 5.41) is 2.50. The Hall–Kier alpha value is -3.20. The van der Waals surface area contributed by atoms with Crippen LogP contribution >= 0.6 is 0 Å². The van der Waals surface area contributed by atoms with Crippen LogP contribution in [0, 0.1) is 0 Å². The second-order valence-electron chi connectivity index (χ2n) is 6.66. The second-order valence-corrected chi connectivity index (χ2v) is 6.66. The van der Waals surface area contributed by atoms with Gasteiger partial charge in [-0.15, -0.1) is 0 Å². The van der Waals surface area contributed by atoms with Gasteiger partial charge in [0.05, 0.1) is 0 Å². The fraction of sp³-hybridized carbons (Fsp3) is 0.130. The number of aromatic nitrogens is 2. The molecular weight excluding hydrogens is 318 g/mol. The molecule has 0 spiro atoms. The van der Waals surface area contributed by atoms with Crippen molar-refractivity contribution in [2.75, 3.05) is 19.0 Å². The molecule has 4 rings (SSSR count). The third-order valence-corrected chi connectivity index (χ3v) is 4.63. The Kier molecular flexibility index (Phi) is 4.36. The lowest BCUT2D eigenvalue weighted by Gasteiger charge is -2.19. The normalized spacial score (nSPS) is 12.1. The lowest BCUT2D eigenvalue weighted by Crippen LogP contribution is -2.13. The van der Waals surface area contributed by atoms with Gasteiger partial charge in [-0.3, -0.25) is 0 Å². The molecule has 1 atom stereocenters. The zero-order chi connectivity index (χ0) is 17.9. The molecule has 4 aromatic rings. The molecule has 0 N–H and O–H groups in total. The van der Waals surface area contributed by atoms with Crippen molar-refractivity contribution in [1.82, 2.24) is 9.97 Å². The summed E-state index contributed by atoms with van der Waals surface area (Å²) in [6.45, 7) is 0. The summed E-state index contributed by atoms with van der Waals surface area (Å²) in [5.41, 5.74) is 3.58. The quantitative estimate of drug-likeness (QED) is 0.531. The van der Waals surface area contributed by atoms with Crippen LogP contribution in [0.4, 0.5) is 5.95 Å². The molecule has 3 nitrogen and oxygen atoms in total. The topological polar surface area (TPSA) is 29.0 Å². The molecule has 1 heterocycles. The van der Waals surface area contributed by atoms with Crippen molar-refractivity contribution in [1.29, 1.82) is 0 Å². The van der Waals surface area contributed by atoms with Crippen LogP contribution in [0.5, 0.6) is 0 Å². The molecule has 26 heavy (non-hydrogen) atoms. The first-order valence-corrected chi connectivity index (χ1v) is 8.75. The van der Waals surface area contributed by atoms with Gasteiger partial charge in [-0.1, -0.05) is 72.8 Å². The van der Waals surface area contributed by atoms with Crippen LogP contribution in [-0.4, -0.2) is 24.1 Å². The lowest BCUT2D eigenvalue weighted by molar-refractivity contribution is 0.920. The Labute approximate surface area is 154 Å². The van der Waals surface area contributed by atoms with Crippen molar-refractivity contribution in [3.8, 4) is 0 Å². The molecule has 0 aliphatic rings. The zero-order valence-corrected chi connectivity index (χ0v) is 15.0. The highest BCUT2D eigenvalue weighted by molar-refractivity contribution is 5.83. The highest BCUT2D eigenvalue weighted by Gasteiger charge is 2.18. The summed E-state index contributed by atoms with van der Waals surface area (Å²) < 4.78 is 0. The summed E-state index contributed by atoms with van der Waals surface area (Å²) in [7, 11) is 3.90. The minimum Gasteiger partial charge on any atom is -0.347 e. The van der Waals surface area contributed by atoms with E-state index >= 15 is 0 Å². The molecule has 3 aromatic carbocycles. The van der Waals surface area contributed by atoms with Gasteiger partial charge >= 0.3 is 0 Å². The molecule has 0 aliphatic carbocycles. The molecule has 0 unspecified atom stereocenters. The SMILES string of the molecule is CN(C)c1ncc([C@@H](c2ccccc2)c2ccc3ccccc3c2)cn1. The molecule has 0 saturated heterocycles. The van der Waals surface area contributed by atoms with E-state index in [1.807, 2.05) is 37.5 Å². The lowest BCUT2D eigenvalue weighted by atomic mass is 9.85. The van der Waals surface area contributed by atoms with E-state index in [1.165, 1.54) is 21.9 Å². The van der Waals surface area contributed by atoms with E-state index in [9.17, 15) is 0 Å². The van der Waals surface area contributed by atoms with E-state index < -0.39 is 0 Å². The van der Waals surface area contributed by atoms with Crippen molar-refractivity contribution < 1.29 is 0 Å². The average molecular weight is 339 g/mol. The first-order valence-electron chi connectivity index (χ1n) is 8.75. The Balaban J connectivity index is 1.84. The van der Waals surface area contributed by atoms with Crippen molar-refractivity contribution in [2.24, 2.45) is 0 Å². The molecule has 0 fully saturated rings. The summed E-state index contributed by atoms with van der Waals surface area (Å²) >= 11 is 0. The predicted molar refractivity (Wildman–Crippen MR) is 108 cm³/mol. The minimum atomic E-state index is 0.108. The summed E-state index contributed by atoms with van der Waals surface area (Å²) in [4.78, 5) is 11.0. The maximum Gasteiger partial charge on any atom is 0.224 e. The monoisotopic (exact) mass is 339 g/mol. The molecule has 128 valence electrons. The van der Waals surface area contributed by atoms with Crippen LogP contribution < -0.4 is 4.90 Å². The number of nitrogens with zero attached hydrogens (tertiary/aromatic N) is 3. The summed E-state index contributed by atoms with van der Waals surface area (Å²) in [5.74, 6) is 0.830. The predicted octanol–water partition coefficient (Wildman–Crippen LogP) is 4.88. The molecule has 1 aromatic heterocycles. The number of benzene rings is 3. The molecule has 0 amide bonds. The third-order valence-electron chi connectivity index (χ3n) is 4.63. The molecule has 0 aliphatic heterocycles. The van der Waals surface area contributed by atoms with Gasteiger partial charge in [-0.05, 0) is 21.9 Å². The maximum atomic E-state index is 4.53. The van der Waals surface area contributed by atoms with Gasteiger partial charge in [0.2, 0.25) is 5.95 Å². The van der Waals surface area contributed by atoms with E-state index in [-0.39, 0.29) is 5.92 Å². The first kappa shape index (κ1) is 16.3. The number of hydrogen-bond donors (Lipinski definition) is 0. The first-order chi connectivity index (χ1) is 12.7.